The highest BCUT2D eigenvalue weighted by Crippen LogP contribution is 2.14. The van der Waals surface area contributed by atoms with Gasteiger partial charge in [0.15, 0.2) is 0 Å². The third-order valence-corrected chi connectivity index (χ3v) is 6.62. The lowest BCUT2D eigenvalue weighted by Gasteiger charge is -2.31. The molecule has 0 aromatic heterocycles. The molecule has 45 heavy (non-hydrogen) atoms. The van der Waals surface area contributed by atoms with E-state index < -0.39 is 41.4 Å². The van der Waals surface area contributed by atoms with Gasteiger partial charge < -0.3 is 30.3 Å². The third kappa shape index (κ3) is 14.9. The minimum atomic E-state index is -0.959. The van der Waals surface area contributed by atoms with Gasteiger partial charge in [0, 0.05) is 20.1 Å². The van der Waals surface area contributed by atoms with Crippen LogP contribution in [0.1, 0.15) is 71.9 Å². The number of carbonyl (C=O) groups excluding carboxylic acids is 4. The molecule has 0 heterocycles. The number of aryl methyl sites for hydroxylation is 1. The van der Waals surface area contributed by atoms with Crippen LogP contribution in [0.2, 0.25) is 0 Å². The van der Waals surface area contributed by atoms with Crippen molar-refractivity contribution in [3.05, 3.63) is 71.5 Å². The lowest BCUT2D eigenvalue weighted by molar-refractivity contribution is -0.140. The highest BCUT2D eigenvalue weighted by Gasteiger charge is 2.33. The Morgan fingerprint density at radius 3 is 1.93 bits per heavy atom. The highest BCUT2D eigenvalue weighted by atomic mass is 19.1. The van der Waals surface area contributed by atoms with Crippen molar-refractivity contribution < 1.29 is 33.0 Å². The first-order valence-electron chi connectivity index (χ1n) is 15.3. The molecule has 11 heteroatoms. The fraction of sp³-hybridized carbons (Fsp3) is 0.529. The van der Waals surface area contributed by atoms with E-state index in [9.17, 15) is 23.6 Å². The maximum atomic E-state index is 13.9. The van der Waals surface area contributed by atoms with Gasteiger partial charge in [-0.05, 0) is 96.9 Å². The Morgan fingerprint density at radius 2 is 1.33 bits per heavy atom. The Bertz CT molecular complexity index is 1240. The van der Waals surface area contributed by atoms with E-state index in [1.54, 1.807) is 53.7 Å². The van der Waals surface area contributed by atoms with Crippen molar-refractivity contribution >= 4 is 24.0 Å². The first-order valence-corrected chi connectivity index (χ1v) is 15.3. The average Bonchev–Trinajstić information content (AvgIpc) is 2.94. The van der Waals surface area contributed by atoms with Gasteiger partial charge in [-0.1, -0.05) is 42.5 Å². The molecule has 2 aromatic carbocycles. The third-order valence-electron chi connectivity index (χ3n) is 6.62. The topological polar surface area (TPSA) is 126 Å². The van der Waals surface area contributed by atoms with E-state index in [1.807, 2.05) is 30.3 Å². The Morgan fingerprint density at radius 1 is 0.756 bits per heavy atom. The van der Waals surface area contributed by atoms with Crippen LogP contribution in [-0.4, -0.2) is 72.3 Å². The maximum Gasteiger partial charge on any atom is 0.408 e. The van der Waals surface area contributed by atoms with Crippen molar-refractivity contribution in [1.29, 1.82) is 0 Å². The lowest BCUT2D eigenvalue weighted by Crippen LogP contribution is -2.55. The number of nitrogens with one attached hydrogen (secondary N) is 3. The van der Waals surface area contributed by atoms with Crippen molar-refractivity contribution in [2.24, 2.45) is 0 Å². The predicted molar refractivity (Wildman–Crippen MR) is 171 cm³/mol. The number of hydrogen-bond acceptors (Lipinski definition) is 6. The number of rotatable bonds is 14. The van der Waals surface area contributed by atoms with Crippen molar-refractivity contribution in [2.75, 3.05) is 20.1 Å². The second kappa shape index (κ2) is 17.4. The van der Waals surface area contributed by atoms with Crippen LogP contribution in [0.3, 0.4) is 0 Å². The molecule has 0 unspecified atom stereocenters. The number of ether oxygens (including phenoxy) is 2. The van der Waals surface area contributed by atoms with Gasteiger partial charge >= 0.3 is 12.2 Å². The summed E-state index contributed by atoms with van der Waals surface area (Å²) in [5.74, 6) is -1.18. The first kappa shape index (κ1) is 37.0. The monoisotopic (exact) mass is 628 g/mol. The van der Waals surface area contributed by atoms with Gasteiger partial charge in [0.25, 0.3) is 0 Å². The largest absolute Gasteiger partial charge is 0.444 e. The van der Waals surface area contributed by atoms with E-state index in [4.69, 9.17) is 9.47 Å². The summed E-state index contributed by atoms with van der Waals surface area (Å²) in [6, 6.07) is 13.7. The lowest BCUT2D eigenvalue weighted by atomic mass is 10.0. The number of nitrogens with zero attached hydrogens (tertiary/aromatic N) is 1. The van der Waals surface area contributed by atoms with Crippen LogP contribution in [-0.2, 0) is 31.9 Å². The molecule has 10 nitrogen and oxygen atoms in total. The van der Waals surface area contributed by atoms with Crippen LogP contribution in [0.25, 0.3) is 0 Å². The minimum absolute atomic E-state index is 0.226. The van der Waals surface area contributed by atoms with Gasteiger partial charge in [0.2, 0.25) is 11.8 Å². The summed E-state index contributed by atoms with van der Waals surface area (Å²) in [6.07, 6.45) is 0.565. The first-order chi connectivity index (χ1) is 21.0. The maximum absolute atomic E-state index is 13.9. The van der Waals surface area contributed by atoms with Crippen LogP contribution in [0.15, 0.2) is 54.6 Å². The predicted octanol–water partition coefficient (Wildman–Crippen LogP) is 5.14. The zero-order valence-corrected chi connectivity index (χ0v) is 27.6. The van der Waals surface area contributed by atoms with Gasteiger partial charge in [0.1, 0.15) is 29.1 Å². The summed E-state index contributed by atoms with van der Waals surface area (Å²) in [5.41, 5.74) is 0.422. The molecule has 0 radical (unpaired) electrons. The van der Waals surface area contributed by atoms with Gasteiger partial charge in [-0.25, -0.2) is 14.0 Å². The van der Waals surface area contributed by atoms with Crippen molar-refractivity contribution in [3.63, 3.8) is 0 Å². The summed E-state index contributed by atoms with van der Waals surface area (Å²) >= 11 is 0. The fourth-order valence-corrected chi connectivity index (χ4v) is 4.46. The Kier molecular flexibility index (Phi) is 14.3. The number of carbonyl (C=O) groups is 4. The molecule has 0 fully saturated rings. The minimum Gasteiger partial charge on any atom is -0.444 e. The van der Waals surface area contributed by atoms with Crippen LogP contribution in [0, 0.1) is 5.82 Å². The Hall–Kier alpha value is -4.15. The number of hydrogen-bond donors (Lipinski definition) is 3. The quantitative estimate of drug-likeness (QED) is 0.249. The molecular weight excluding hydrogens is 579 g/mol. The zero-order chi connectivity index (χ0) is 33.6. The number of alkyl carbamates (subject to hydrolysis) is 2. The fourth-order valence-electron chi connectivity index (χ4n) is 4.46. The zero-order valence-electron chi connectivity index (χ0n) is 27.6. The number of halogens is 1. The highest BCUT2D eigenvalue weighted by molar-refractivity contribution is 5.91. The van der Waals surface area contributed by atoms with Crippen molar-refractivity contribution in [3.8, 4) is 0 Å². The molecule has 0 aliphatic carbocycles. The average molecular weight is 629 g/mol. The molecular formula is C34H49FN4O6. The van der Waals surface area contributed by atoms with E-state index in [2.05, 4.69) is 16.0 Å². The second-order valence-corrected chi connectivity index (χ2v) is 12.9. The molecule has 4 amide bonds. The summed E-state index contributed by atoms with van der Waals surface area (Å²) in [4.78, 5) is 53.5. The van der Waals surface area contributed by atoms with Gasteiger partial charge in [-0.3, -0.25) is 9.59 Å². The molecule has 2 rings (SSSR count). The van der Waals surface area contributed by atoms with E-state index in [0.29, 0.717) is 19.3 Å². The molecule has 0 aliphatic rings. The number of amides is 4. The Labute approximate surface area is 266 Å². The molecule has 0 aliphatic heterocycles. The molecule has 0 bridgehead atoms. The van der Waals surface area contributed by atoms with Crippen LogP contribution < -0.4 is 16.0 Å². The molecule has 0 saturated carbocycles. The summed E-state index contributed by atoms with van der Waals surface area (Å²) in [6.45, 7) is 11.0. The molecule has 248 valence electrons. The molecule has 2 atom stereocenters. The van der Waals surface area contributed by atoms with Crippen LogP contribution in [0.5, 0.6) is 0 Å². The normalized spacial score (nSPS) is 12.8. The van der Waals surface area contributed by atoms with Crippen molar-refractivity contribution in [1.82, 2.24) is 20.9 Å². The summed E-state index contributed by atoms with van der Waals surface area (Å²) in [7, 11) is 1.53. The van der Waals surface area contributed by atoms with E-state index >= 15 is 0 Å². The molecule has 3 N–H and O–H groups in total. The number of benzene rings is 2. The van der Waals surface area contributed by atoms with Gasteiger partial charge in [-0.2, -0.15) is 0 Å². The van der Waals surface area contributed by atoms with E-state index in [0.717, 1.165) is 11.1 Å². The van der Waals surface area contributed by atoms with Gasteiger partial charge in [0.05, 0.1) is 0 Å². The molecule has 2 aromatic rings. The van der Waals surface area contributed by atoms with E-state index in [-0.39, 0.29) is 37.7 Å². The second-order valence-electron chi connectivity index (χ2n) is 12.9. The summed E-state index contributed by atoms with van der Waals surface area (Å²) in [5, 5.41) is 8.26. The van der Waals surface area contributed by atoms with Crippen LogP contribution in [0.4, 0.5) is 14.0 Å². The van der Waals surface area contributed by atoms with E-state index in [1.165, 1.54) is 24.1 Å². The van der Waals surface area contributed by atoms with Crippen LogP contribution >= 0.6 is 0 Å². The molecule has 0 saturated heterocycles. The smallest absolute Gasteiger partial charge is 0.408 e. The molecule has 0 spiro atoms. The summed E-state index contributed by atoms with van der Waals surface area (Å²) < 4.78 is 24.0. The standard InChI is InChI=1S/C34H49FN4O6/c1-33(2,3)44-31(42)37-22-11-14-28(29(40)36-23-21-25-15-18-26(35)19-16-25)39(7)30(41)27(38-32(43)45-34(4,5)6)20-17-24-12-9-8-10-13-24/h8-10,12-13,15-16,18-19,27-28H,11,14,17,20-23H2,1-7H3,(H,36,40)(H,37,42)(H,38,43)/t27-,28-/m0/s1. The van der Waals surface area contributed by atoms with Crippen molar-refractivity contribution in [2.45, 2.75) is 96.9 Å². The Balaban J connectivity index is 2.18. The van der Waals surface area contributed by atoms with Gasteiger partial charge in [-0.15, -0.1) is 0 Å². The number of likely N-dealkylation sites (N-methyl/N-ethyl adjacent to an activating group) is 1. The SMILES string of the molecule is CN(C(=O)[C@H](CCc1ccccc1)NC(=O)OC(C)(C)C)[C@@H](CCCNC(=O)OC(C)(C)C)C(=O)NCCc1ccc(F)cc1.